The fraction of sp³-hybridized carbons (Fsp3) is 0.588. The first-order chi connectivity index (χ1) is 9.83. The average molecular weight is 272 g/mol. The summed E-state index contributed by atoms with van der Waals surface area (Å²) in [4.78, 5) is 14.8. The second-order valence-electron chi connectivity index (χ2n) is 6.07. The van der Waals surface area contributed by atoms with Gasteiger partial charge in [-0.3, -0.25) is 9.69 Å². The molecule has 3 heteroatoms. The van der Waals surface area contributed by atoms with Crippen molar-refractivity contribution in [3.8, 4) is 0 Å². The van der Waals surface area contributed by atoms with Crippen LogP contribution in [0.5, 0.6) is 0 Å². The van der Waals surface area contributed by atoms with Crippen molar-refractivity contribution in [3.63, 3.8) is 0 Å². The smallest absolute Gasteiger partial charge is 0.149 e. The maximum absolute atomic E-state index is 12.5. The Morgan fingerprint density at radius 3 is 2.95 bits per heavy atom. The molecule has 0 amide bonds. The number of nitrogens with zero attached hydrogens (tertiary/aromatic N) is 1. The number of rotatable bonds is 3. The van der Waals surface area contributed by atoms with Crippen LogP contribution in [0.1, 0.15) is 30.4 Å². The highest BCUT2D eigenvalue weighted by Crippen LogP contribution is 2.20. The fourth-order valence-corrected chi connectivity index (χ4v) is 3.38. The molecule has 3 rings (SSSR count). The zero-order valence-electron chi connectivity index (χ0n) is 12.1. The Morgan fingerprint density at radius 2 is 2.05 bits per heavy atom. The molecule has 0 saturated carbocycles. The van der Waals surface area contributed by atoms with Gasteiger partial charge in [0.05, 0.1) is 6.54 Å². The summed E-state index contributed by atoms with van der Waals surface area (Å²) in [6.07, 6.45) is 4.30. The van der Waals surface area contributed by atoms with Crippen molar-refractivity contribution in [2.24, 2.45) is 5.92 Å². The highest BCUT2D eigenvalue weighted by atomic mass is 16.1. The van der Waals surface area contributed by atoms with Crippen molar-refractivity contribution >= 4 is 5.78 Å². The van der Waals surface area contributed by atoms with Crippen LogP contribution in [-0.2, 0) is 17.8 Å². The number of carbonyl (C=O) groups is 1. The van der Waals surface area contributed by atoms with E-state index in [4.69, 9.17) is 0 Å². The van der Waals surface area contributed by atoms with E-state index in [0.717, 1.165) is 51.9 Å². The van der Waals surface area contributed by atoms with E-state index in [-0.39, 0.29) is 5.92 Å². The number of ketones is 1. The first-order valence-corrected chi connectivity index (χ1v) is 7.85. The number of Topliss-reactive ketones (excluding diaryl/α,β-unsaturated/α-hetero) is 1. The van der Waals surface area contributed by atoms with Gasteiger partial charge in [-0.1, -0.05) is 24.3 Å². The number of fused-ring (bicyclic) bond motifs is 1. The van der Waals surface area contributed by atoms with Crippen LogP contribution in [0, 0.1) is 5.92 Å². The number of hydrogen-bond donors (Lipinski definition) is 1. The predicted molar refractivity (Wildman–Crippen MR) is 80.6 cm³/mol. The van der Waals surface area contributed by atoms with Gasteiger partial charge in [0, 0.05) is 19.0 Å². The molecule has 0 aromatic heterocycles. The topological polar surface area (TPSA) is 32.3 Å². The molecule has 0 aliphatic carbocycles. The molecular formula is C17H24N2O. The van der Waals surface area contributed by atoms with Gasteiger partial charge in [-0.2, -0.15) is 0 Å². The van der Waals surface area contributed by atoms with E-state index >= 15 is 0 Å². The summed E-state index contributed by atoms with van der Waals surface area (Å²) in [5, 5.41) is 3.38. The maximum atomic E-state index is 12.5. The van der Waals surface area contributed by atoms with Crippen molar-refractivity contribution < 1.29 is 4.79 Å². The van der Waals surface area contributed by atoms with Crippen LogP contribution in [0.4, 0.5) is 0 Å². The fourth-order valence-electron chi connectivity index (χ4n) is 3.38. The zero-order chi connectivity index (χ0) is 13.8. The van der Waals surface area contributed by atoms with Crippen LogP contribution < -0.4 is 5.32 Å². The van der Waals surface area contributed by atoms with E-state index in [9.17, 15) is 4.79 Å². The standard InChI is InChI=1S/C17H24N2O/c20-17(15-6-3-9-18-10-7-15)13-19-11-8-14-4-1-2-5-16(14)12-19/h1-2,4-5,15,18H,3,6-13H2. The highest BCUT2D eigenvalue weighted by molar-refractivity contribution is 5.83. The third-order valence-electron chi connectivity index (χ3n) is 4.62. The van der Waals surface area contributed by atoms with Gasteiger partial charge in [0.1, 0.15) is 5.78 Å². The molecule has 1 unspecified atom stereocenters. The molecule has 1 aromatic rings. The van der Waals surface area contributed by atoms with Gasteiger partial charge in [0.15, 0.2) is 0 Å². The van der Waals surface area contributed by atoms with E-state index in [1.54, 1.807) is 0 Å². The molecule has 1 aromatic carbocycles. The molecule has 1 N–H and O–H groups in total. The third kappa shape index (κ3) is 3.28. The zero-order valence-corrected chi connectivity index (χ0v) is 12.1. The number of nitrogens with one attached hydrogen (secondary N) is 1. The van der Waals surface area contributed by atoms with Gasteiger partial charge in [0.25, 0.3) is 0 Å². The maximum Gasteiger partial charge on any atom is 0.149 e. The molecular weight excluding hydrogens is 248 g/mol. The number of hydrogen-bond acceptors (Lipinski definition) is 3. The summed E-state index contributed by atoms with van der Waals surface area (Å²) in [7, 11) is 0. The molecule has 2 heterocycles. The van der Waals surface area contributed by atoms with Crippen LogP contribution in [-0.4, -0.2) is 36.9 Å². The molecule has 2 aliphatic rings. The molecule has 2 aliphatic heterocycles. The minimum absolute atomic E-state index is 0.280. The minimum atomic E-state index is 0.280. The van der Waals surface area contributed by atoms with Gasteiger partial charge in [0.2, 0.25) is 0 Å². The molecule has 0 radical (unpaired) electrons. The molecule has 3 nitrogen and oxygen atoms in total. The molecule has 1 atom stereocenters. The first kappa shape index (κ1) is 13.8. The van der Waals surface area contributed by atoms with Crippen LogP contribution in [0.25, 0.3) is 0 Å². The molecule has 20 heavy (non-hydrogen) atoms. The van der Waals surface area contributed by atoms with Crippen LogP contribution in [0.2, 0.25) is 0 Å². The lowest BCUT2D eigenvalue weighted by Gasteiger charge is -2.29. The lowest BCUT2D eigenvalue weighted by molar-refractivity contribution is -0.124. The van der Waals surface area contributed by atoms with Gasteiger partial charge in [-0.05, 0) is 49.9 Å². The number of carbonyl (C=O) groups excluding carboxylic acids is 1. The molecule has 0 spiro atoms. The molecule has 0 bridgehead atoms. The first-order valence-electron chi connectivity index (χ1n) is 7.85. The van der Waals surface area contributed by atoms with Crippen LogP contribution in [0.3, 0.4) is 0 Å². The minimum Gasteiger partial charge on any atom is -0.317 e. The van der Waals surface area contributed by atoms with Crippen molar-refractivity contribution in [3.05, 3.63) is 35.4 Å². The Labute approximate surface area is 121 Å². The van der Waals surface area contributed by atoms with Crippen molar-refractivity contribution in [2.75, 3.05) is 26.2 Å². The van der Waals surface area contributed by atoms with E-state index < -0.39 is 0 Å². The normalized spacial score (nSPS) is 23.9. The lowest BCUT2D eigenvalue weighted by Crippen LogP contribution is -2.37. The number of benzene rings is 1. The highest BCUT2D eigenvalue weighted by Gasteiger charge is 2.23. The summed E-state index contributed by atoms with van der Waals surface area (Å²) in [5.41, 5.74) is 2.85. The summed E-state index contributed by atoms with van der Waals surface area (Å²) >= 11 is 0. The second kappa shape index (κ2) is 6.51. The van der Waals surface area contributed by atoms with Gasteiger partial charge in [-0.15, -0.1) is 0 Å². The quantitative estimate of drug-likeness (QED) is 0.913. The summed E-state index contributed by atoms with van der Waals surface area (Å²) < 4.78 is 0. The summed E-state index contributed by atoms with van der Waals surface area (Å²) in [6.45, 7) is 4.67. The third-order valence-corrected chi connectivity index (χ3v) is 4.62. The SMILES string of the molecule is O=C(CN1CCc2ccccc2C1)C1CCCNCC1. The monoisotopic (exact) mass is 272 g/mol. The lowest BCUT2D eigenvalue weighted by atomic mass is 9.94. The van der Waals surface area contributed by atoms with E-state index in [1.807, 2.05) is 0 Å². The van der Waals surface area contributed by atoms with E-state index in [2.05, 4.69) is 34.5 Å². The Balaban J connectivity index is 1.57. The van der Waals surface area contributed by atoms with Crippen molar-refractivity contribution in [1.29, 1.82) is 0 Å². The van der Waals surface area contributed by atoms with Crippen LogP contribution >= 0.6 is 0 Å². The van der Waals surface area contributed by atoms with Crippen molar-refractivity contribution in [1.82, 2.24) is 10.2 Å². The Bertz CT molecular complexity index is 464. The predicted octanol–water partition coefficient (Wildman–Crippen LogP) is 2.00. The van der Waals surface area contributed by atoms with Gasteiger partial charge >= 0.3 is 0 Å². The second-order valence-corrected chi connectivity index (χ2v) is 6.07. The summed E-state index contributed by atoms with van der Waals surface area (Å²) in [6, 6.07) is 8.62. The Hall–Kier alpha value is -1.19. The summed E-state index contributed by atoms with van der Waals surface area (Å²) in [5.74, 6) is 0.732. The largest absolute Gasteiger partial charge is 0.317 e. The average Bonchev–Trinajstić information content (AvgIpc) is 2.76. The van der Waals surface area contributed by atoms with E-state index in [0.29, 0.717) is 12.3 Å². The Kier molecular flexibility index (Phi) is 4.48. The molecule has 108 valence electrons. The van der Waals surface area contributed by atoms with E-state index in [1.165, 1.54) is 11.1 Å². The van der Waals surface area contributed by atoms with Crippen LogP contribution in [0.15, 0.2) is 24.3 Å². The van der Waals surface area contributed by atoms with Crippen molar-refractivity contribution in [2.45, 2.75) is 32.2 Å². The molecule has 1 saturated heterocycles. The van der Waals surface area contributed by atoms with Gasteiger partial charge < -0.3 is 5.32 Å². The molecule has 1 fully saturated rings. The van der Waals surface area contributed by atoms with Gasteiger partial charge in [-0.25, -0.2) is 0 Å². The Morgan fingerprint density at radius 1 is 1.20 bits per heavy atom.